The molecule has 0 fully saturated rings. The van der Waals surface area contributed by atoms with Crippen molar-refractivity contribution in [3.63, 3.8) is 0 Å². The Labute approximate surface area is 66.5 Å². The van der Waals surface area contributed by atoms with Gasteiger partial charge >= 0.3 is 0 Å². The summed E-state index contributed by atoms with van der Waals surface area (Å²) in [5, 5.41) is 0. The first-order valence-electron chi connectivity index (χ1n) is 0.567. The molecule has 0 bridgehead atoms. The van der Waals surface area contributed by atoms with Gasteiger partial charge in [0.05, 0.1) is 0 Å². The zero-order chi connectivity index (χ0) is 3.58. The highest BCUT2D eigenvalue weighted by atomic mass is 127. The minimum atomic E-state index is 1.33. The van der Waals surface area contributed by atoms with Gasteiger partial charge in [-0.3, -0.25) is 0 Å². The Morgan fingerprint density at radius 2 is 1.00 bits per heavy atom. The molecule has 3 heteroatoms. The standard InChI is InChI=1S/CI3/c2-1(3)4/q+1. The van der Waals surface area contributed by atoms with Crippen LogP contribution in [-0.4, -0.2) is 0 Å². The lowest BCUT2D eigenvalue weighted by Gasteiger charge is -1.47. The van der Waals surface area contributed by atoms with Crippen LogP contribution in [0.1, 0.15) is 0 Å². The van der Waals surface area contributed by atoms with Gasteiger partial charge in [0.1, 0.15) is 0 Å². The molecule has 0 rings (SSSR count). The number of hydrogen-bond acceptors (Lipinski definition) is 0. The molecule has 0 atom stereocenters. The second kappa shape index (κ2) is 3.26. The Morgan fingerprint density at radius 1 is 1.00 bits per heavy atom. The van der Waals surface area contributed by atoms with Crippen LogP contribution in [0.15, 0.2) is 0 Å². The largest absolute Gasteiger partial charge is 0.283 e. The number of halogens is 3. The highest BCUT2D eigenvalue weighted by molar-refractivity contribution is 14.3. The first-order valence-corrected chi connectivity index (χ1v) is 3.80. The summed E-state index contributed by atoms with van der Waals surface area (Å²) in [7, 11) is 0. The third kappa shape index (κ3) is 8.96. The minimum absolute atomic E-state index is 1.33. The van der Waals surface area contributed by atoms with Crippen LogP contribution in [-0.2, 0) is 0 Å². The number of rotatable bonds is 0. The van der Waals surface area contributed by atoms with E-state index in [1.54, 1.807) is 0 Å². The Bertz CT molecular complexity index is 8.00. The normalized spacial score (nSPS) is 6.75. The Hall–Kier alpha value is 2.06. The molecule has 0 amide bonds. The SMILES string of the molecule is I[C+](I)I. The summed E-state index contributed by atoms with van der Waals surface area (Å²) in [5.74, 6) is 0. The van der Waals surface area contributed by atoms with Crippen molar-refractivity contribution in [1.82, 2.24) is 0 Å². The van der Waals surface area contributed by atoms with E-state index in [1.165, 1.54) is -0.0619 Å². The van der Waals surface area contributed by atoms with Gasteiger partial charge in [0.15, 0.2) is 0 Å². The number of hydrogen-bond donors (Lipinski definition) is 0. The van der Waals surface area contributed by atoms with Crippen LogP contribution in [0.2, 0.25) is 0 Å². The molecule has 0 saturated carbocycles. The molecule has 4 heavy (non-hydrogen) atoms. The molecule has 0 radical (unpaired) electrons. The van der Waals surface area contributed by atoms with Crippen LogP contribution in [0.5, 0.6) is 0 Å². The van der Waals surface area contributed by atoms with E-state index in [1.807, 2.05) is 0 Å². The summed E-state index contributed by atoms with van der Waals surface area (Å²) in [4.78, 5) is 0. The fourth-order valence-electron chi connectivity index (χ4n) is 0. The van der Waals surface area contributed by atoms with Crippen LogP contribution < -0.4 is 0 Å². The van der Waals surface area contributed by atoms with Crippen molar-refractivity contribution >= 4 is 67.8 Å². The molecular formula is CI3+. The average Bonchev–Trinajstić information content (AvgIpc) is 0.811. The second-order valence-electron chi connectivity index (χ2n) is 0.214. The summed E-state index contributed by atoms with van der Waals surface area (Å²) >= 11 is 6.70. The van der Waals surface area contributed by atoms with E-state index in [0.29, 0.717) is 0 Å². The fraction of sp³-hybridized carbons (Fsp3) is 0. The lowest BCUT2D eigenvalue weighted by molar-refractivity contribution is 2.97. The Balaban J connectivity index is 2.32. The molecule has 0 heterocycles. The molecular weight excluding hydrogens is 393 g/mol. The molecule has 0 saturated heterocycles. The predicted molar refractivity (Wildman–Crippen MR) is 45.3 cm³/mol. The molecule has 24 valence electrons. The van der Waals surface area contributed by atoms with Crippen LogP contribution in [0.3, 0.4) is 0 Å². The van der Waals surface area contributed by atoms with Crippen molar-refractivity contribution in [2.24, 2.45) is 0 Å². The molecule has 0 N–H and O–H groups in total. The molecule has 0 aliphatic carbocycles. The summed E-state index contributed by atoms with van der Waals surface area (Å²) in [6, 6.07) is 0. The van der Waals surface area contributed by atoms with Gasteiger partial charge in [-0.05, 0) is 0 Å². The summed E-state index contributed by atoms with van der Waals surface area (Å²) in [6.45, 7) is 0. The van der Waals surface area contributed by atoms with Crippen molar-refractivity contribution in [2.45, 2.75) is 0 Å². The molecule has 0 spiro atoms. The lowest BCUT2D eigenvalue weighted by atomic mass is 12.0. The fourth-order valence-corrected chi connectivity index (χ4v) is 0. The van der Waals surface area contributed by atoms with E-state index in [0.717, 1.165) is 0 Å². The van der Waals surface area contributed by atoms with Gasteiger partial charge < -0.3 is 0 Å². The van der Waals surface area contributed by atoms with E-state index in [4.69, 9.17) is 0 Å². The highest BCUT2D eigenvalue weighted by Crippen LogP contribution is 2.26. The second-order valence-corrected chi connectivity index (χ2v) is 9.64. The van der Waals surface area contributed by atoms with Gasteiger partial charge in [-0.15, -0.1) is 0 Å². The molecule has 0 aliphatic heterocycles. The van der Waals surface area contributed by atoms with Crippen molar-refractivity contribution in [2.75, 3.05) is 0 Å². The molecule has 0 aromatic rings. The van der Waals surface area contributed by atoms with E-state index >= 15 is 0 Å². The van der Waals surface area contributed by atoms with Crippen LogP contribution in [0, 0.1) is -0.0619 Å². The molecule has 0 nitrogen and oxygen atoms in total. The van der Waals surface area contributed by atoms with Crippen LogP contribution in [0.25, 0.3) is 0 Å². The van der Waals surface area contributed by atoms with Crippen molar-refractivity contribution in [3.8, 4) is 0 Å². The lowest BCUT2D eigenvalue weighted by Crippen LogP contribution is -1.29. The summed E-state index contributed by atoms with van der Waals surface area (Å²) < 4.78 is 1.33. The van der Waals surface area contributed by atoms with Gasteiger partial charge in [0.2, 0.25) is 67.8 Å². The Kier molecular flexibility index (Phi) is 4.94. The van der Waals surface area contributed by atoms with E-state index in [2.05, 4.69) is 67.8 Å². The average molecular weight is 393 g/mol. The third-order valence-electron chi connectivity index (χ3n) is 0. The smallest absolute Gasteiger partial charge is 0.239 e. The van der Waals surface area contributed by atoms with Gasteiger partial charge in [0, 0.05) is 0 Å². The van der Waals surface area contributed by atoms with E-state index in [9.17, 15) is 0 Å². The zero-order valence-corrected chi connectivity index (χ0v) is 8.11. The summed E-state index contributed by atoms with van der Waals surface area (Å²) in [5.41, 5.74) is 0. The van der Waals surface area contributed by atoms with Gasteiger partial charge in [-0.2, -0.15) is 0 Å². The molecule has 0 unspecified atom stereocenters. The first-order chi connectivity index (χ1) is 1.73. The summed E-state index contributed by atoms with van der Waals surface area (Å²) in [6.07, 6.45) is 0. The minimum Gasteiger partial charge on any atom is 0.239 e. The van der Waals surface area contributed by atoms with Gasteiger partial charge in [-0.25, -0.2) is 0 Å². The van der Waals surface area contributed by atoms with E-state index < -0.39 is 0 Å². The highest BCUT2D eigenvalue weighted by Gasteiger charge is 1.99. The Morgan fingerprint density at radius 3 is 1.00 bits per heavy atom. The first kappa shape index (κ1) is 6.06. The third-order valence-corrected chi connectivity index (χ3v) is 0. The molecule has 0 aliphatic rings. The van der Waals surface area contributed by atoms with Gasteiger partial charge in [0.25, 0.3) is -0.0619 Å². The van der Waals surface area contributed by atoms with Crippen LogP contribution in [0.4, 0.5) is 0 Å². The maximum absolute atomic E-state index is 2.23. The molecule has 0 aromatic heterocycles. The predicted octanol–water partition coefficient (Wildman–Crippen LogP) is 2.74. The van der Waals surface area contributed by atoms with Crippen molar-refractivity contribution < 1.29 is 0 Å². The topological polar surface area (TPSA) is 0 Å². The van der Waals surface area contributed by atoms with Crippen LogP contribution >= 0.6 is 67.8 Å². The zero-order valence-electron chi connectivity index (χ0n) is 1.63. The van der Waals surface area contributed by atoms with Crippen molar-refractivity contribution in [3.05, 3.63) is -0.0619 Å². The maximum atomic E-state index is 2.23. The van der Waals surface area contributed by atoms with Crippen molar-refractivity contribution in [1.29, 1.82) is 0 Å². The van der Waals surface area contributed by atoms with Gasteiger partial charge in [-0.1, -0.05) is 0 Å². The molecule has 0 aromatic carbocycles. The monoisotopic (exact) mass is 393 g/mol. The quantitative estimate of drug-likeness (QED) is 0.439. The van der Waals surface area contributed by atoms with E-state index in [-0.39, 0.29) is 0 Å². The maximum Gasteiger partial charge on any atom is 0.283 e.